The molecule has 0 saturated heterocycles. The lowest BCUT2D eigenvalue weighted by Gasteiger charge is -2.14. The molecule has 29 heavy (non-hydrogen) atoms. The molecule has 0 atom stereocenters. The maximum Gasteiger partial charge on any atom is 0.230 e. The summed E-state index contributed by atoms with van der Waals surface area (Å²) in [4.78, 5) is 12.5. The highest BCUT2D eigenvalue weighted by Crippen LogP contribution is 2.43. The Hall–Kier alpha value is -3.55. The van der Waals surface area contributed by atoms with Crippen LogP contribution in [-0.4, -0.2) is 37.4 Å². The Balaban J connectivity index is 1.91. The number of nitrogens with zero attached hydrogens (tertiary/aromatic N) is 1. The number of carbonyl (C=O) groups excluding carboxylic acids is 1. The number of amides is 1. The number of aromatic nitrogens is 2. The van der Waals surface area contributed by atoms with Crippen LogP contribution in [0.15, 0.2) is 36.4 Å². The topological polar surface area (TPSA) is 85.5 Å². The van der Waals surface area contributed by atoms with E-state index in [-0.39, 0.29) is 18.1 Å². The number of methoxy groups -OCH3 is 3. The number of rotatable bonds is 7. The molecule has 0 unspecified atom stereocenters. The second kappa shape index (κ2) is 8.64. The molecule has 3 rings (SSSR count). The molecule has 0 radical (unpaired) electrons. The highest BCUT2D eigenvalue weighted by atomic mass is 19.1. The Kier molecular flexibility index (Phi) is 6.01. The fraction of sp³-hybridized carbons (Fsp3) is 0.238. The molecule has 1 amide bonds. The molecule has 1 heterocycles. The first-order valence-corrected chi connectivity index (χ1v) is 8.86. The minimum absolute atomic E-state index is 0.0981. The lowest BCUT2D eigenvalue weighted by Crippen LogP contribution is -2.15. The third kappa shape index (κ3) is 4.31. The summed E-state index contributed by atoms with van der Waals surface area (Å²) in [6, 6.07) is 9.37. The first kappa shape index (κ1) is 20.2. The van der Waals surface area contributed by atoms with Crippen LogP contribution in [0.2, 0.25) is 0 Å². The Bertz CT molecular complexity index is 990. The van der Waals surface area contributed by atoms with Crippen LogP contribution in [0.3, 0.4) is 0 Å². The number of benzene rings is 2. The van der Waals surface area contributed by atoms with Crippen LogP contribution in [0.5, 0.6) is 17.2 Å². The molecule has 0 spiro atoms. The molecule has 2 N–H and O–H groups in total. The molecule has 0 saturated carbocycles. The SMILES string of the molecule is COc1cc(-c2c(NC(=O)Cc3ccc(F)cc3)n[nH]c2C)cc(OC)c1OC. The van der Waals surface area contributed by atoms with Gasteiger partial charge in [-0.05, 0) is 42.3 Å². The van der Waals surface area contributed by atoms with Crippen molar-refractivity contribution in [2.75, 3.05) is 26.6 Å². The molecular weight excluding hydrogens is 377 g/mol. The van der Waals surface area contributed by atoms with Gasteiger partial charge in [-0.15, -0.1) is 0 Å². The molecule has 152 valence electrons. The molecule has 7 nitrogen and oxygen atoms in total. The van der Waals surface area contributed by atoms with Gasteiger partial charge in [0.1, 0.15) is 5.82 Å². The van der Waals surface area contributed by atoms with Gasteiger partial charge >= 0.3 is 0 Å². The van der Waals surface area contributed by atoms with E-state index in [9.17, 15) is 9.18 Å². The first-order chi connectivity index (χ1) is 14.0. The van der Waals surface area contributed by atoms with Crippen molar-refractivity contribution >= 4 is 11.7 Å². The van der Waals surface area contributed by atoms with Crippen molar-refractivity contribution in [1.82, 2.24) is 10.2 Å². The van der Waals surface area contributed by atoms with Gasteiger partial charge in [-0.25, -0.2) is 4.39 Å². The van der Waals surface area contributed by atoms with Crippen molar-refractivity contribution in [3.8, 4) is 28.4 Å². The number of hydrogen-bond acceptors (Lipinski definition) is 5. The van der Waals surface area contributed by atoms with E-state index in [4.69, 9.17) is 14.2 Å². The molecule has 0 bridgehead atoms. The minimum Gasteiger partial charge on any atom is -0.493 e. The summed E-state index contributed by atoms with van der Waals surface area (Å²) >= 11 is 0. The lowest BCUT2D eigenvalue weighted by atomic mass is 10.0. The number of nitrogens with one attached hydrogen (secondary N) is 2. The Morgan fingerprint density at radius 1 is 1.07 bits per heavy atom. The van der Waals surface area contributed by atoms with Gasteiger partial charge in [0.15, 0.2) is 17.3 Å². The van der Waals surface area contributed by atoms with Crippen LogP contribution < -0.4 is 19.5 Å². The summed E-state index contributed by atoms with van der Waals surface area (Å²) < 4.78 is 29.2. The Labute approximate surface area is 167 Å². The highest BCUT2D eigenvalue weighted by molar-refractivity contribution is 5.96. The Morgan fingerprint density at radius 2 is 1.69 bits per heavy atom. The standard InChI is InChI=1S/C21H22FN3O4/c1-12-19(14-10-16(27-2)20(29-4)17(11-14)28-3)21(25-24-12)23-18(26)9-13-5-7-15(22)8-6-13/h5-8,10-11H,9H2,1-4H3,(H2,23,24,25,26). The summed E-state index contributed by atoms with van der Waals surface area (Å²) in [7, 11) is 4.60. The van der Waals surface area contributed by atoms with Crippen molar-refractivity contribution in [1.29, 1.82) is 0 Å². The number of halogens is 1. The molecule has 0 aliphatic rings. The van der Waals surface area contributed by atoms with Gasteiger partial charge in [0.2, 0.25) is 11.7 Å². The van der Waals surface area contributed by atoms with E-state index in [2.05, 4.69) is 15.5 Å². The van der Waals surface area contributed by atoms with Gasteiger partial charge in [0, 0.05) is 11.3 Å². The fourth-order valence-electron chi connectivity index (χ4n) is 3.06. The van der Waals surface area contributed by atoms with Crippen molar-refractivity contribution in [3.05, 3.63) is 53.5 Å². The van der Waals surface area contributed by atoms with E-state index < -0.39 is 0 Å². The van der Waals surface area contributed by atoms with Gasteiger partial charge in [0.05, 0.1) is 27.8 Å². The number of aromatic amines is 1. The van der Waals surface area contributed by atoms with Crippen LogP contribution in [0.25, 0.3) is 11.1 Å². The zero-order valence-corrected chi connectivity index (χ0v) is 16.6. The van der Waals surface area contributed by atoms with E-state index in [0.29, 0.717) is 34.2 Å². The van der Waals surface area contributed by atoms with Gasteiger partial charge in [-0.1, -0.05) is 12.1 Å². The maximum atomic E-state index is 13.0. The normalized spacial score (nSPS) is 10.5. The molecule has 0 aliphatic carbocycles. The number of hydrogen-bond donors (Lipinski definition) is 2. The molecular formula is C21H22FN3O4. The van der Waals surface area contributed by atoms with Gasteiger partial charge < -0.3 is 19.5 Å². The van der Waals surface area contributed by atoms with Crippen LogP contribution in [0.4, 0.5) is 10.2 Å². The predicted octanol–water partition coefficient (Wildman–Crippen LogP) is 3.73. The van der Waals surface area contributed by atoms with Crippen LogP contribution >= 0.6 is 0 Å². The number of anilines is 1. The van der Waals surface area contributed by atoms with Crippen molar-refractivity contribution in [2.24, 2.45) is 0 Å². The molecule has 8 heteroatoms. The smallest absolute Gasteiger partial charge is 0.230 e. The predicted molar refractivity (Wildman–Crippen MR) is 107 cm³/mol. The summed E-state index contributed by atoms with van der Waals surface area (Å²) in [5, 5.41) is 9.91. The van der Waals surface area contributed by atoms with Crippen molar-refractivity contribution < 1.29 is 23.4 Å². The first-order valence-electron chi connectivity index (χ1n) is 8.86. The quantitative estimate of drug-likeness (QED) is 0.632. The van der Waals surface area contributed by atoms with E-state index >= 15 is 0 Å². The fourth-order valence-corrected chi connectivity index (χ4v) is 3.06. The van der Waals surface area contributed by atoms with Crippen LogP contribution in [0.1, 0.15) is 11.3 Å². The second-order valence-corrected chi connectivity index (χ2v) is 6.34. The monoisotopic (exact) mass is 399 g/mol. The third-order valence-corrected chi connectivity index (χ3v) is 4.44. The van der Waals surface area contributed by atoms with Gasteiger partial charge in [0.25, 0.3) is 0 Å². The zero-order valence-electron chi connectivity index (χ0n) is 16.6. The third-order valence-electron chi connectivity index (χ3n) is 4.44. The number of carbonyl (C=O) groups is 1. The second-order valence-electron chi connectivity index (χ2n) is 6.34. The molecule has 1 aromatic heterocycles. The molecule has 3 aromatic rings. The highest BCUT2D eigenvalue weighted by Gasteiger charge is 2.20. The largest absolute Gasteiger partial charge is 0.493 e. The number of H-pyrrole nitrogens is 1. The van der Waals surface area contributed by atoms with Gasteiger partial charge in [-0.2, -0.15) is 5.10 Å². The number of aryl methyl sites for hydroxylation is 1. The summed E-state index contributed by atoms with van der Waals surface area (Å²) in [6.07, 6.45) is 0.0981. The Morgan fingerprint density at radius 3 is 2.24 bits per heavy atom. The van der Waals surface area contributed by atoms with Crippen molar-refractivity contribution in [3.63, 3.8) is 0 Å². The molecule has 0 fully saturated rings. The van der Waals surface area contributed by atoms with Crippen molar-refractivity contribution in [2.45, 2.75) is 13.3 Å². The summed E-state index contributed by atoms with van der Waals surface area (Å²) in [5.74, 6) is 1.22. The van der Waals surface area contributed by atoms with E-state index in [1.165, 1.54) is 33.5 Å². The van der Waals surface area contributed by atoms with E-state index in [1.54, 1.807) is 24.3 Å². The van der Waals surface area contributed by atoms with E-state index in [1.807, 2.05) is 6.92 Å². The maximum absolute atomic E-state index is 13.0. The lowest BCUT2D eigenvalue weighted by molar-refractivity contribution is -0.115. The minimum atomic E-state index is -0.346. The van der Waals surface area contributed by atoms with Crippen LogP contribution in [0, 0.1) is 12.7 Å². The average Bonchev–Trinajstić information content (AvgIpc) is 3.08. The summed E-state index contributed by atoms with van der Waals surface area (Å²) in [5.41, 5.74) is 2.90. The van der Waals surface area contributed by atoms with E-state index in [0.717, 1.165) is 11.3 Å². The molecule has 2 aromatic carbocycles. The zero-order chi connectivity index (χ0) is 21.0. The van der Waals surface area contributed by atoms with Gasteiger partial charge in [-0.3, -0.25) is 9.89 Å². The number of ether oxygens (including phenoxy) is 3. The molecule has 0 aliphatic heterocycles. The summed E-state index contributed by atoms with van der Waals surface area (Å²) in [6.45, 7) is 1.85. The van der Waals surface area contributed by atoms with Crippen LogP contribution in [-0.2, 0) is 11.2 Å². The average molecular weight is 399 g/mol.